The molecule has 2 aliphatic heterocycles. The van der Waals surface area contributed by atoms with Gasteiger partial charge in [0.05, 0.1) is 0 Å². The summed E-state index contributed by atoms with van der Waals surface area (Å²) in [7, 11) is 0. The molecule has 1 saturated heterocycles. The van der Waals surface area contributed by atoms with E-state index < -0.39 is 0 Å². The molecule has 1 atom stereocenters. The minimum Gasteiger partial charge on any atom is -0.369 e. The average Bonchev–Trinajstić information content (AvgIpc) is 3.40. The van der Waals surface area contributed by atoms with Crippen molar-refractivity contribution in [3.63, 3.8) is 0 Å². The van der Waals surface area contributed by atoms with Crippen LogP contribution in [0.2, 0.25) is 0 Å². The smallest absolute Gasteiger partial charge is 0.137 e. The van der Waals surface area contributed by atoms with Gasteiger partial charge >= 0.3 is 0 Å². The first-order valence-corrected chi connectivity index (χ1v) is 9.43. The maximum Gasteiger partial charge on any atom is 0.137 e. The van der Waals surface area contributed by atoms with Crippen LogP contribution in [0.5, 0.6) is 0 Å². The quantitative estimate of drug-likeness (QED) is 0.739. The summed E-state index contributed by atoms with van der Waals surface area (Å²) in [4.78, 5) is 10.2. The van der Waals surface area contributed by atoms with Crippen LogP contribution in [0.1, 0.15) is 41.1 Å². The maximum absolute atomic E-state index is 4.63. The van der Waals surface area contributed by atoms with Crippen molar-refractivity contribution in [2.24, 2.45) is 0 Å². The summed E-state index contributed by atoms with van der Waals surface area (Å²) in [5, 5.41) is 4.89. The van der Waals surface area contributed by atoms with E-state index in [0.717, 1.165) is 25.3 Å². The molecule has 1 aromatic carbocycles. The highest BCUT2D eigenvalue weighted by Gasteiger charge is 2.26. The van der Waals surface area contributed by atoms with E-state index in [1.54, 1.807) is 0 Å². The first-order valence-electron chi connectivity index (χ1n) is 9.43. The van der Waals surface area contributed by atoms with Gasteiger partial charge in [0.15, 0.2) is 0 Å². The molecule has 2 aliphatic rings. The fourth-order valence-corrected chi connectivity index (χ4v) is 4.42. The van der Waals surface area contributed by atoms with Crippen molar-refractivity contribution in [2.75, 3.05) is 6.54 Å². The molecule has 2 aromatic heterocycles. The Hall–Kier alpha value is -2.59. The van der Waals surface area contributed by atoms with Crippen molar-refractivity contribution in [2.45, 2.75) is 38.9 Å². The van der Waals surface area contributed by atoms with Crippen molar-refractivity contribution >= 4 is 11.0 Å². The van der Waals surface area contributed by atoms with Gasteiger partial charge in [-0.15, -0.1) is 0 Å². The Balaban J connectivity index is 1.65. The Labute approximate surface area is 153 Å². The van der Waals surface area contributed by atoms with E-state index in [9.17, 15) is 0 Å². The van der Waals surface area contributed by atoms with Crippen molar-refractivity contribution in [1.29, 1.82) is 0 Å². The normalized spacial score (nSPS) is 19.3. The molecule has 5 rings (SSSR count). The Bertz CT molecular complexity index is 995. The van der Waals surface area contributed by atoms with E-state index in [4.69, 9.17) is 0 Å². The molecular formula is C22H24N4. The molecule has 0 amide bonds. The van der Waals surface area contributed by atoms with E-state index in [2.05, 4.69) is 51.9 Å². The van der Waals surface area contributed by atoms with Crippen molar-refractivity contribution in [3.05, 3.63) is 65.6 Å². The van der Waals surface area contributed by atoms with Crippen LogP contribution in [0.4, 0.5) is 0 Å². The van der Waals surface area contributed by atoms with Crippen LogP contribution in [0.3, 0.4) is 0 Å². The molecule has 1 unspecified atom stereocenters. The number of aromatic nitrogens is 2. The van der Waals surface area contributed by atoms with Crippen LogP contribution in [-0.4, -0.2) is 21.4 Å². The summed E-state index contributed by atoms with van der Waals surface area (Å²) in [5.74, 6) is 0. The Kier molecular flexibility index (Phi) is 3.61. The van der Waals surface area contributed by atoms with E-state index >= 15 is 0 Å². The maximum atomic E-state index is 4.63. The van der Waals surface area contributed by atoms with Gasteiger partial charge in [-0.2, -0.15) is 0 Å². The Morgan fingerprint density at radius 2 is 2.15 bits per heavy atom. The molecule has 0 saturated carbocycles. The molecule has 0 bridgehead atoms. The molecule has 4 heteroatoms. The minimum atomic E-state index is 0.471. The number of H-pyrrole nitrogens is 1. The second kappa shape index (κ2) is 5.99. The van der Waals surface area contributed by atoms with Gasteiger partial charge in [0.1, 0.15) is 5.65 Å². The van der Waals surface area contributed by atoms with Crippen molar-refractivity contribution in [1.82, 2.24) is 20.2 Å². The van der Waals surface area contributed by atoms with Crippen LogP contribution in [0, 0.1) is 6.92 Å². The van der Waals surface area contributed by atoms with Gasteiger partial charge in [0.25, 0.3) is 0 Å². The molecule has 2 N–H and O–H groups in total. The highest BCUT2D eigenvalue weighted by molar-refractivity contribution is 5.84. The van der Waals surface area contributed by atoms with Crippen molar-refractivity contribution < 1.29 is 0 Å². The number of hydrogen-bond acceptors (Lipinski definition) is 3. The number of rotatable bonds is 3. The number of pyridine rings is 1. The summed E-state index contributed by atoms with van der Waals surface area (Å²) < 4.78 is 0. The number of aromatic amines is 1. The van der Waals surface area contributed by atoms with E-state index in [1.807, 2.05) is 18.6 Å². The molecule has 0 radical (unpaired) electrons. The minimum absolute atomic E-state index is 0.471. The molecule has 4 heterocycles. The molecule has 26 heavy (non-hydrogen) atoms. The molecular weight excluding hydrogens is 320 g/mol. The third-order valence-corrected chi connectivity index (χ3v) is 5.88. The topological polar surface area (TPSA) is 44.0 Å². The SMILES string of the molecule is C=CN1Cc2cc(-c3cnc4[nH]cc(C)c4c3)cc(C3CCCN3)c2C1. The Morgan fingerprint density at radius 3 is 2.96 bits per heavy atom. The summed E-state index contributed by atoms with van der Waals surface area (Å²) in [6, 6.07) is 7.47. The monoisotopic (exact) mass is 344 g/mol. The highest BCUT2D eigenvalue weighted by atomic mass is 15.1. The zero-order valence-corrected chi connectivity index (χ0v) is 15.2. The lowest BCUT2D eigenvalue weighted by molar-refractivity contribution is 0.399. The zero-order chi connectivity index (χ0) is 17.7. The molecule has 3 aromatic rings. The molecule has 0 spiro atoms. The molecule has 132 valence electrons. The predicted octanol–water partition coefficient (Wildman–Crippen LogP) is 4.42. The van der Waals surface area contributed by atoms with Gasteiger partial charge in [-0.1, -0.05) is 6.58 Å². The third-order valence-electron chi connectivity index (χ3n) is 5.88. The van der Waals surface area contributed by atoms with Gasteiger partial charge in [0, 0.05) is 42.5 Å². The lowest BCUT2D eigenvalue weighted by Crippen LogP contribution is -2.15. The van der Waals surface area contributed by atoms with Gasteiger partial charge in [-0.3, -0.25) is 0 Å². The van der Waals surface area contributed by atoms with Gasteiger partial charge < -0.3 is 15.2 Å². The molecule has 4 nitrogen and oxygen atoms in total. The third kappa shape index (κ3) is 2.44. The molecule has 1 fully saturated rings. The summed E-state index contributed by atoms with van der Waals surface area (Å²) in [6.07, 6.45) is 8.46. The first-order chi connectivity index (χ1) is 12.7. The zero-order valence-electron chi connectivity index (χ0n) is 15.2. The largest absolute Gasteiger partial charge is 0.369 e. The molecule has 0 aliphatic carbocycles. The van der Waals surface area contributed by atoms with Crippen LogP contribution in [-0.2, 0) is 13.1 Å². The fraction of sp³-hybridized carbons (Fsp3) is 0.318. The van der Waals surface area contributed by atoms with Crippen molar-refractivity contribution in [3.8, 4) is 11.1 Å². The lowest BCUT2D eigenvalue weighted by Gasteiger charge is -2.17. The number of fused-ring (bicyclic) bond motifs is 2. The Morgan fingerprint density at radius 1 is 1.23 bits per heavy atom. The van der Waals surface area contributed by atoms with Crippen LogP contribution < -0.4 is 5.32 Å². The second-order valence-corrected chi connectivity index (χ2v) is 7.53. The van der Waals surface area contributed by atoms with Crippen LogP contribution in [0.15, 0.2) is 43.4 Å². The van der Waals surface area contributed by atoms with E-state index in [-0.39, 0.29) is 0 Å². The van der Waals surface area contributed by atoms with Crippen LogP contribution >= 0.6 is 0 Å². The van der Waals surface area contributed by atoms with Crippen LogP contribution in [0.25, 0.3) is 22.2 Å². The second-order valence-electron chi connectivity index (χ2n) is 7.53. The summed E-state index contributed by atoms with van der Waals surface area (Å²) >= 11 is 0. The highest BCUT2D eigenvalue weighted by Crippen LogP contribution is 2.37. The fourth-order valence-electron chi connectivity index (χ4n) is 4.42. The number of hydrogen-bond donors (Lipinski definition) is 2. The lowest BCUT2D eigenvalue weighted by atomic mass is 9.91. The number of nitrogens with one attached hydrogen (secondary N) is 2. The average molecular weight is 344 g/mol. The summed E-state index contributed by atoms with van der Waals surface area (Å²) in [6.45, 7) is 9.13. The van der Waals surface area contributed by atoms with E-state index in [0.29, 0.717) is 6.04 Å². The predicted molar refractivity (Wildman–Crippen MR) is 106 cm³/mol. The number of nitrogens with zero attached hydrogens (tertiary/aromatic N) is 2. The summed E-state index contributed by atoms with van der Waals surface area (Å²) in [5.41, 5.74) is 9.05. The van der Waals surface area contributed by atoms with Gasteiger partial charge in [0.2, 0.25) is 0 Å². The standard InChI is InChI=1S/C22H24N4/c1-3-26-12-17-7-15(8-19(20(17)13-26)21-5-4-6-23-21)16-9-18-14(2)10-24-22(18)25-11-16/h3,7-11,21,23H,1,4-6,12-13H2,2H3,(H,24,25). The number of benzene rings is 1. The van der Waals surface area contributed by atoms with Gasteiger partial charge in [-0.25, -0.2) is 4.98 Å². The van der Waals surface area contributed by atoms with E-state index in [1.165, 1.54) is 51.6 Å². The van der Waals surface area contributed by atoms with Gasteiger partial charge in [-0.05, 0) is 78.5 Å². The number of aryl methyl sites for hydroxylation is 1. The first kappa shape index (κ1) is 15.6.